The SMILES string of the molecule is O=C1O[C@@H](CN2CCOCC2)CN1NC=C1C=CC(=[N+]([O-])[O-])O1. The summed E-state index contributed by atoms with van der Waals surface area (Å²) in [6.45, 7) is 4.06. The van der Waals surface area contributed by atoms with Crippen LogP contribution in [0, 0.1) is 10.4 Å². The van der Waals surface area contributed by atoms with Crippen LogP contribution in [0.5, 0.6) is 0 Å². The fraction of sp³-hybridized carbons (Fsp3) is 0.538. The molecule has 23 heavy (non-hydrogen) atoms. The minimum Gasteiger partial charge on any atom is -0.610 e. The zero-order chi connectivity index (χ0) is 16.2. The molecule has 0 aromatic carbocycles. The highest BCUT2D eigenvalue weighted by molar-refractivity contribution is 5.87. The van der Waals surface area contributed by atoms with E-state index in [0.29, 0.717) is 26.3 Å². The molecule has 0 aliphatic carbocycles. The van der Waals surface area contributed by atoms with E-state index in [1.807, 2.05) is 0 Å². The molecule has 0 unspecified atom stereocenters. The van der Waals surface area contributed by atoms with E-state index in [9.17, 15) is 15.2 Å². The Kier molecular flexibility index (Phi) is 4.53. The Morgan fingerprint density at radius 1 is 1.35 bits per heavy atom. The van der Waals surface area contributed by atoms with Crippen molar-refractivity contribution in [2.24, 2.45) is 0 Å². The zero-order valence-corrected chi connectivity index (χ0v) is 12.3. The van der Waals surface area contributed by atoms with Crippen LogP contribution in [0.4, 0.5) is 4.79 Å². The average Bonchev–Trinajstić information content (AvgIpc) is 3.13. The Labute approximate surface area is 132 Å². The van der Waals surface area contributed by atoms with Crippen molar-refractivity contribution in [3.05, 3.63) is 34.5 Å². The summed E-state index contributed by atoms with van der Waals surface area (Å²) in [4.78, 5) is 13.4. The second-order valence-electron chi connectivity index (χ2n) is 5.24. The smallest absolute Gasteiger partial charge is 0.429 e. The lowest BCUT2D eigenvalue weighted by atomic mass is 10.3. The van der Waals surface area contributed by atoms with Crippen molar-refractivity contribution in [2.45, 2.75) is 6.10 Å². The lowest BCUT2D eigenvalue weighted by Crippen LogP contribution is -2.42. The predicted molar refractivity (Wildman–Crippen MR) is 77.7 cm³/mol. The Hall–Kier alpha value is -2.46. The van der Waals surface area contributed by atoms with Gasteiger partial charge in [0, 0.05) is 19.6 Å². The summed E-state index contributed by atoms with van der Waals surface area (Å²) in [5.74, 6) is -0.103. The third-order valence-corrected chi connectivity index (χ3v) is 3.59. The third kappa shape index (κ3) is 3.85. The van der Waals surface area contributed by atoms with E-state index in [1.54, 1.807) is 0 Å². The van der Waals surface area contributed by atoms with Crippen LogP contribution < -0.4 is 5.43 Å². The lowest BCUT2D eigenvalue weighted by molar-refractivity contribution is -0.388. The first-order valence-electron chi connectivity index (χ1n) is 7.23. The number of hydrogen-bond donors (Lipinski definition) is 1. The van der Waals surface area contributed by atoms with Crippen LogP contribution in [-0.2, 0) is 14.2 Å². The molecule has 0 spiro atoms. The van der Waals surface area contributed by atoms with Crippen LogP contribution in [0.1, 0.15) is 0 Å². The molecular weight excluding hydrogens is 308 g/mol. The maximum absolute atomic E-state index is 11.8. The predicted octanol–water partition coefficient (Wildman–Crippen LogP) is -0.522. The molecule has 10 heteroatoms. The van der Waals surface area contributed by atoms with Gasteiger partial charge in [-0.1, -0.05) is 0 Å². The van der Waals surface area contributed by atoms with Gasteiger partial charge in [0.25, 0.3) is 0 Å². The normalized spacial score (nSPS) is 26.5. The van der Waals surface area contributed by atoms with E-state index in [-0.39, 0.29) is 17.8 Å². The van der Waals surface area contributed by atoms with Crippen LogP contribution in [0.15, 0.2) is 24.1 Å². The largest absolute Gasteiger partial charge is 0.610 e. The van der Waals surface area contributed by atoms with Gasteiger partial charge in [-0.05, 0) is 6.08 Å². The average molecular weight is 325 g/mol. The van der Waals surface area contributed by atoms with Crippen LogP contribution >= 0.6 is 0 Å². The fourth-order valence-electron chi connectivity index (χ4n) is 2.45. The molecule has 0 saturated carbocycles. The number of carbonyl (C=O) groups is 1. The molecule has 3 rings (SSSR count). The van der Waals surface area contributed by atoms with Crippen LogP contribution in [0.2, 0.25) is 0 Å². The van der Waals surface area contributed by atoms with Gasteiger partial charge in [-0.15, -0.1) is 4.90 Å². The first-order valence-corrected chi connectivity index (χ1v) is 7.23. The first-order chi connectivity index (χ1) is 11.1. The van der Waals surface area contributed by atoms with E-state index in [1.165, 1.54) is 23.4 Å². The minimum atomic E-state index is -0.625. The van der Waals surface area contributed by atoms with Crippen molar-refractivity contribution in [1.82, 2.24) is 15.3 Å². The Bertz CT molecular complexity index is 551. The Morgan fingerprint density at radius 2 is 2.13 bits per heavy atom. The number of carbonyl (C=O) groups excluding carboxylic acids is 1. The van der Waals surface area contributed by atoms with Gasteiger partial charge >= 0.3 is 12.0 Å². The number of amides is 1. The standard InChI is InChI=1S/C13H17N4O6/c18-13-16(14-7-10-1-2-12(22-10)17(19)20)9-11(23-13)8-15-3-5-21-6-4-15/h1-2,7,11,14H,3-6,8-9H2/q-1/t11-/m0/s1. The van der Waals surface area contributed by atoms with Gasteiger partial charge in [-0.25, -0.2) is 9.80 Å². The van der Waals surface area contributed by atoms with Gasteiger partial charge in [0.2, 0.25) is 0 Å². The highest BCUT2D eigenvalue weighted by Gasteiger charge is 2.32. The minimum absolute atomic E-state index is 0.229. The molecule has 0 radical (unpaired) electrons. The summed E-state index contributed by atoms with van der Waals surface area (Å²) in [5.41, 5.74) is 2.74. The highest BCUT2D eigenvalue weighted by Crippen LogP contribution is 2.13. The molecule has 1 N–H and O–H groups in total. The molecule has 2 fully saturated rings. The number of morpholine rings is 1. The van der Waals surface area contributed by atoms with Crippen LogP contribution in [0.25, 0.3) is 0 Å². The van der Waals surface area contributed by atoms with Crippen molar-refractivity contribution in [2.75, 3.05) is 39.4 Å². The first kappa shape index (κ1) is 15.4. The third-order valence-electron chi connectivity index (χ3n) is 3.59. The van der Waals surface area contributed by atoms with E-state index in [2.05, 4.69) is 10.3 Å². The topological polar surface area (TPSA) is 112 Å². The maximum atomic E-state index is 11.8. The van der Waals surface area contributed by atoms with Crippen molar-refractivity contribution >= 4 is 12.0 Å². The van der Waals surface area contributed by atoms with Gasteiger partial charge in [0.05, 0.1) is 32.0 Å². The van der Waals surface area contributed by atoms with Crippen molar-refractivity contribution in [3.63, 3.8) is 0 Å². The number of rotatable bonds is 4. The summed E-state index contributed by atoms with van der Waals surface area (Å²) in [6.07, 6.45) is 3.35. The highest BCUT2D eigenvalue weighted by atomic mass is 16.8. The molecule has 1 atom stereocenters. The number of hydrogen-bond acceptors (Lipinski definition) is 8. The molecular formula is C13H17N4O6-. The van der Waals surface area contributed by atoms with Crippen LogP contribution in [0.3, 0.4) is 0 Å². The quantitative estimate of drug-likeness (QED) is 0.543. The number of cyclic esters (lactones) is 1. The van der Waals surface area contributed by atoms with Gasteiger partial charge in [0.1, 0.15) is 6.10 Å². The summed E-state index contributed by atoms with van der Waals surface area (Å²) in [5, 5.41) is 22.4. The molecule has 0 bridgehead atoms. The molecule has 3 aliphatic rings. The van der Waals surface area contributed by atoms with E-state index in [4.69, 9.17) is 14.2 Å². The number of allylic oxidation sites excluding steroid dienone is 1. The molecule has 0 aromatic heterocycles. The molecule has 10 nitrogen and oxygen atoms in total. The molecule has 126 valence electrons. The van der Waals surface area contributed by atoms with Gasteiger partial charge in [-0.3, -0.25) is 10.3 Å². The van der Waals surface area contributed by atoms with Gasteiger partial charge in [-0.2, -0.15) is 0 Å². The summed E-state index contributed by atoms with van der Waals surface area (Å²) < 4.78 is 15.5. The number of nitrogens with zero attached hydrogens (tertiary/aromatic N) is 3. The van der Waals surface area contributed by atoms with Crippen molar-refractivity contribution in [3.8, 4) is 0 Å². The Morgan fingerprint density at radius 3 is 2.83 bits per heavy atom. The molecule has 0 aromatic rings. The number of nitrogens with one attached hydrogen (secondary N) is 1. The van der Waals surface area contributed by atoms with E-state index >= 15 is 0 Å². The number of hydrazine groups is 1. The van der Waals surface area contributed by atoms with E-state index in [0.717, 1.165) is 13.1 Å². The monoisotopic (exact) mass is 325 g/mol. The van der Waals surface area contributed by atoms with Crippen molar-refractivity contribution < 1.29 is 23.9 Å². The molecule has 3 aliphatic heterocycles. The summed E-state index contributed by atoms with van der Waals surface area (Å²) >= 11 is 0. The Balaban J connectivity index is 1.49. The molecule has 2 saturated heterocycles. The second-order valence-corrected chi connectivity index (χ2v) is 5.24. The van der Waals surface area contributed by atoms with E-state index < -0.39 is 11.0 Å². The molecule has 3 heterocycles. The number of ether oxygens (including phenoxy) is 3. The fourth-order valence-corrected chi connectivity index (χ4v) is 2.45. The maximum Gasteiger partial charge on any atom is 0.429 e. The second kappa shape index (κ2) is 6.75. The summed E-state index contributed by atoms with van der Waals surface area (Å²) in [6, 6.07) is 0. The summed E-state index contributed by atoms with van der Waals surface area (Å²) in [7, 11) is 0. The lowest BCUT2D eigenvalue weighted by Gasteiger charge is -2.27. The zero-order valence-electron chi connectivity index (χ0n) is 12.3. The van der Waals surface area contributed by atoms with Crippen LogP contribution in [-0.4, -0.2) is 72.3 Å². The molecule has 1 amide bonds. The van der Waals surface area contributed by atoms with Gasteiger partial charge in [0.15, 0.2) is 5.76 Å². The van der Waals surface area contributed by atoms with Crippen molar-refractivity contribution in [1.29, 1.82) is 0 Å². The van der Waals surface area contributed by atoms with Gasteiger partial charge < -0.3 is 24.6 Å².